The van der Waals surface area contributed by atoms with Crippen molar-refractivity contribution in [1.29, 1.82) is 5.41 Å². The van der Waals surface area contributed by atoms with E-state index in [0.717, 1.165) is 37.5 Å². The Morgan fingerprint density at radius 3 is 2.59 bits per heavy atom. The van der Waals surface area contributed by atoms with Gasteiger partial charge in [0, 0.05) is 64.4 Å². The molecule has 3 N–H and O–H groups in total. The summed E-state index contributed by atoms with van der Waals surface area (Å²) in [6.07, 6.45) is 2.47. The highest BCUT2D eigenvalue weighted by atomic mass is 35.5. The van der Waals surface area contributed by atoms with E-state index in [1.807, 2.05) is 35.2 Å². The molecule has 49 heavy (non-hydrogen) atoms. The first kappa shape index (κ1) is 34.1. The number of fused-ring (bicyclic) bond motifs is 1. The quantitative estimate of drug-likeness (QED) is 0.0926. The molecule has 0 unspecified atom stereocenters. The molecule has 0 amide bonds. The number of alkyl halides is 3. The molecule has 0 radical (unpaired) electrons. The molecule has 256 valence electrons. The number of imidazole rings is 1. The van der Waals surface area contributed by atoms with E-state index >= 15 is 0 Å². The van der Waals surface area contributed by atoms with Crippen molar-refractivity contribution in [2.45, 2.75) is 19.3 Å². The van der Waals surface area contributed by atoms with Crippen molar-refractivity contribution in [2.75, 3.05) is 44.6 Å². The third kappa shape index (κ3) is 8.28. The lowest BCUT2D eigenvalue weighted by molar-refractivity contribution is -0.138. The molecule has 4 aromatic rings. The van der Waals surface area contributed by atoms with E-state index < -0.39 is 11.7 Å². The molecule has 2 aromatic carbocycles. The number of allylic oxidation sites excluding steroid dienone is 2. The average molecular weight is 694 g/mol. The summed E-state index contributed by atoms with van der Waals surface area (Å²) in [7, 11) is 1.67. The number of nitrogens with one attached hydrogen (secondary N) is 3. The third-order valence-electron chi connectivity index (χ3n) is 8.22. The van der Waals surface area contributed by atoms with Gasteiger partial charge < -0.3 is 30.1 Å². The second-order valence-corrected chi connectivity index (χ2v) is 11.9. The predicted octanol–water partition coefficient (Wildman–Crippen LogP) is 6.10. The SMILES string of the molecule is Cn1c(Nc2ccc(CN3CCN(CCOCc4ccccc4)CC3)c(C(F)(F)F)c2)nc2ncc(O/C(C=N)=C3\C=NC=CN3)c(Cl)c21. The van der Waals surface area contributed by atoms with Gasteiger partial charge in [-0.05, 0) is 23.3 Å². The molecule has 4 heterocycles. The lowest BCUT2D eigenvalue weighted by Gasteiger charge is -2.35. The number of anilines is 2. The Labute approximate surface area is 286 Å². The number of benzene rings is 2. The monoisotopic (exact) mass is 693 g/mol. The Kier molecular flexibility index (Phi) is 10.6. The van der Waals surface area contributed by atoms with Crippen molar-refractivity contribution in [1.82, 2.24) is 29.7 Å². The number of piperazine rings is 1. The molecular weight excluding hydrogens is 659 g/mol. The summed E-state index contributed by atoms with van der Waals surface area (Å²) in [6, 6.07) is 14.2. The lowest BCUT2D eigenvalue weighted by Crippen LogP contribution is -2.46. The number of ether oxygens (including phenoxy) is 2. The number of nitrogens with zero attached hydrogens (tertiary/aromatic N) is 6. The van der Waals surface area contributed by atoms with Crippen LogP contribution in [0.4, 0.5) is 24.8 Å². The number of aryl methyl sites for hydroxylation is 1. The molecule has 6 rings (SSSR count). The van der Waals surface area contributed by atoms with Crippen LogP contribution in [0.3, 0.4) is 0 Å². The van der Waals surface area contributed by atoms with E-state index in [1.165, 1.54) is 18.5 Å². The molecule has 0 saturated carbocycles. The molecule has 1 saturated heterocycles. The van der Waals surface area contributed by atoms with Crippen LogP contribution in [0, 0.1) is 5.41 Å². The molecule has 2 aromatic heterocycles. The second kappa shape index (κ2) is 15.2. The molecule has 11 nitrogen and oxygen atoms in total. The Bertz CT molecular complexity index is 1890. The van der Waals surface area contributed by atoms with Crippen LogP contribution in [0.1, 0.15) is 16.7 Å². The van der Waals surface area contributed by atoms with E-state index in [0.29, 0.717) is 37.5 Å². The predicted molar refractivity (Wildman–Crippen MR) is 183 cm³/mol. The molecule has 2 aliphatic heterocycles. The summed E-state index contributed by atoms with van der Waals surface area (Å²) in [4.78, 5) is 17.1. The largest absolute Gasteiger partial charge is 0.450 e. The van der Waals surface area contributed by atoms with Gasteiger partial charge in [0.05, 0.1) is 37.4 Å². The minimum absolute atomic E-state index is 0.155. The number of hydrogen-bond acceptors (Lipinski definition) is 10. The Morgan fingerprint density at radius 2 is 1.88 bits per heavy atom. The minimum atomic E-state index is -4.55. The van der Waals surface area contributed by atoms with Crippen molar-refractivity contribution >= 4 is 46.8 Å². The fourth-order valence-electron chi connectivity index (χ4n) is 5.59. The topological polar surface area (TPSA) is 116 Å². The lowest BCUT2D eigenvalue weighted by atomic mass is 10.0. The van der Waals surface area contributed by atoms with E-state index in [-0.39, 0.29) is 45.9 Å². The van der Waals surface area contributed by atoms with E-state index in [4.69, 9.17) is 26.5 Å². The second-order valence-electron chi connectivity index (χ2n) is 11.5. The van der Waals surface area contributed by atoms with Crippen LogP contribution < -0.4 is 15.4 Å². The first-order chi connectivity index (χ1) is 23.7. The van der Waals surface area contributed by atoms with Crippen molar-refractivity contribution in [3.63, 3.8) is 0 Å². The van der Waals surface area contributed by atoms with Crippen molar-refractivity contribution < 1.29 is 22.6 Å². The van der Waals surface area contributed by atoms with Gasteiger partial charge >= 0.3 is 6.18 Å². The maximum Gasteiger partial charge on any atom is 0.416 e. The van der Waals surface area contributed by atoms with Crippen molar-refractivity contribution in [3.8, 4) is 5.75 Å². The number of aliphatic imine (C=N–C) groups is 1. The maximum atomic E-state index is 14.3. The first-order valence-electron chi connectivity index (χ1n) is 15.6. The minimum Gasteiger partial charge on any atom is -0.450 e. The van der Waals surface area contributed by atoms with Gasteiger partial charge in [-0.2, -0.15) is 18.2 Å². The summed E-state index contributed by atoms with van der Waals surface area (Å²) in [5.74, 6) is 0.561. The molecule has 0 spiro atoms. The third-order valence-corrected chi connectivity index (χ3v) is 8.58. The Balaban J connectivity index is 1.10. The van der Waals surface area contributed by atoms with Gasteiger partial charge in [-0.25, -0.2) is 4.98 Å². The van der Waals surface area contributed by atoms with Crippen molar-refractivity contribution in [3.05, 3.63) is 100 Å². The zero-order valence-corrected chi connectivity index (χ0v) is 27.4. The Hall–Kier alpha value is -4.76. The van der Waals surface area contributed by atoms with Gasteiger partial charge in [0.1, 0.15) is 16.2 Å². The fraction of sp³-hybridized carbons (Fsp3) is 0.294. The fourth-order valence-corrected chi connectivity index (χ4v) is 5.89. The average Bonchev–Trinajstić information content (AvgIpc) is 3.43. The number of halogens is 4. The van der Waals surface area contributed by atoms with Crippen LogP contribution in [0.15, 0.2) is 83.6 Å². The summed E-state index contributed by atoms with van der Waals surface area (Å²) >= 11 is 6.68. The zero-order chi connectivity index (χ0) is 34.4. The summed E-state index contributed by atoms with van der Waals surface area (Å²) in [6.45, 7) is 4.96. The van der Waals surface area contributed by atoms with Crippen LogP contribution in [0.5, 0.6) is 5.75 Å². The first-order valence-corrected chi connectivity index (χ1v) is 16.0. The number of pyridine rings is 1. The van der Waals surface area contributed by atoms with Gasteiger partial charge in [-0.3, -0.25) is 14.8 Å². The van der Waals surface area contributed by atoms with E-state index in [2.05, 4.69) is 30.5 Å². The van der Waals surface area contributed by atoms with Gasteiger partial charge in [0.2, 0.25) is 5.95 Å². The summed E-state index contributed by atoms with van der Waals surface area (Å²) in [5.41, 5.74) is 1.95. The van der Waals surface area contributed by atoms with Crippen LogP contribution in [-0.2, 0) is 31.1 Å². The molecule has 15 heteroatoms. The summed E-state index contributed by atoms with van der Waals surface area (Å²) < 4.78 is 56.2. The molecular formula is C34H35ClF3N9O2. The molecule has 1 fully saturated rings. The van der Waals surface area contributed by atoms with Gasteiger partial charge in [-0.1, -0.05) is 48.0 Å². The number of rotatable bonds is 12. The zero-order valence-electron chi connectivity index (χ0n) is 26.7. The van der Waals surface area contributed by atoms with Crippen molar-refractivity contribution in [2.24, 2.45) is 12.0 Å². The smallest absolute Gasteiger partial charge is 0.416 e. The Morgan fingerprint density at radius 1 is 1.10 bits per heavy atom. The van der Waals surface area contributed by atoms with Gasteiger partial charge in [-0.15, -0.1) is 0 Å². The number of aromatic nitrogens is 3. The highest BCUT2D eigenvalue weighted by Crippen LogP contribution is 2.37. The maximum absolute atomic E-state index is 14.3. The highest BCUT2D eigenvalue weighted by molar-refractivity contribution is 6.36. The van der Waals surface area contributed by atoms with Crippen LogP contribution in [-0.4, -0.2) is 76.1 Å². The van der Waals surface area contributed by atoms with E-state index in [1.54, 1.807) is 30.1 Å². The van der Waals surface area contributed by atoms with Gasteiger partial charge in [0.25, 0.3) is 0 Å². The van der Waals surface area contributed by atoms with Crippen LogP contribution in [0.2, 0.25) is 5.02 Å². The van der Waals surface area contributed by atoms with Gasteiger partial charge in [0.15, 0.2) is 17.2 Å². The highest BCUT2D eigenvalue weighted by Gasteiger charge is 2.34. The molecule has 0 aliphatic carbocycles. The number of hydrogen-bond donors (Lipinski definition) is 3. The molecule has 0 bridgehead atoms. The standard InChI is InChI=1S/C34H35ClF3N9O2/c1-45-31-30(35)29(49-28(18-39)27-19-40-9-10-41-27)20-42-32(31)44-33(45)43-25-8-7-24(26(17-25)34(36,37)38)21-47-13-11-46(12-14-47)15-16-48-22-23-5-3-2-4-6-23/h2-10,17-20,39,41H,11-16,21-22H2,1H3,(H,42,43,44)/b28-27+,39-18?. The molecule has 2 aliphatic rings. The molecule has 0 atom stereocenters. The summed E-state index contributed by atoms with van der Waals surface area (Å²) in [5, 5.41) is 13.8. The normalized spacial score (nSPS) is 16.5. The van der Waals surface area contributed by atoms with Crippen LogP contribution in [0.25, 0.3) is 11.2 Å². The van der Waals surface area contributed by atoms with E-state index in [9.17, 15) is 13.2 Å². The van der Waals surface area contributed by atoms with Crippen LogP contribution >= 0.6 is 11.6 Å².